The molecule has 0 radical (unpaired) electrons. The Bertz CT molecular complexity index is 315. The third-order valence-electron chi connectivity index (χ3n) is 1.73. The van der Waals surface area contributed by atoms with Gasteiger partial charge in [0, 0.05) is 22.2 Å². The Morgan fingerprint density at radius 3 is 2.54 bits per heavy atom. The van der Waals surface area contributed by atoms with Gasteiger partial charge in [-0.2, -0.15) is 0 Å². The first-order chi connectivity index (χ1) is 6.07. The third-order valence-corrected chi connectivity index (χ3v) is 2.29. The van der Waals surface area contributed by atoms with Gasteiger partial charge in [-0.05, 0) is 6.92 Å². The molecule has 13 heavy (non-hydrogen) atoms. The second kappa shape index (κ2) is 4.09. The number of hydrogen-bond acceptors (Lipinski definition) is 1. The first-order valence-electron chi connectivity index (χ1n) is 3.56. The number of aromatic nitrogens is 1. The lowest BCUT2D eigenvalue weighted by Crippen LogP contribution is -2.02. The van der Waals surface area contributed by atoms with Crippen LogP contribution in [0.25, 0.3) is 0 Å². The fourth-order valence-electron chi connectivity index (χ4n) is 1.07. The monoisotopic (exact) mass is 253 g/mol. The van der Waals surface area contributed by atoms with Gasteiger partial charge in [0.05, 0.1) is 6.20 Å². The lowest BCUT2D eigenvalue weighted by atomic mass is 10.1. The van der Waals surface area contributed by atoms with Crippen LogP contribution >= 0.6 is 15.9 Å². The van der Waals surface area contributed by atoms with Crippen LogP contribution in [0.1, 0.15) is 23.2 Å². The van der Waals surface area contributed by atoms with Gasteiger partial charge in [-0.3, -0.25) is 4.98 Å². The highest BCUT2D eigenvalue weighted by atomic mass is 79.9. The summed E-state index contributed by atoms with van der Waals surface area (Å²) in [6.07, 6.45) is -1.73. The maximum atomic E-state index is 13.0. The summed E-state index contributed by atoms with van der Waals surface area (Å²) < 4.78 is 37.8. The zero-order valence-corrected chi connectivity index (χ0v) is 8.41. The third kappa shape index (κ3) is 2.02. The van der Waals surface area contributed by atoms with Crippen molar-refractivity contribution in [3.8, 4) is 0 Å². The topological polar surface area (TPSA) is 12.9 Å². The molecule has 5 heteroatoms. The minimum atomic E-state index is -2.68. The van der Waals surface area contributed by atoms with E-state index < -0.39 is 12.2 Å². The summed E-state index contributed by atoms with van der Waals surface area (Å²) in [4.78, 5) is 3.53. The fraction of sp³-hybridized carbons (Fsp3) is 0.375. The summed E-state index contributed by atoms with van der Waals surface area (Å²) in [5.41, 5.74) is -0.148. The molecule has 0 aliphatic rings. The van der Waals surface area contributed by atoms with Gasteiger partial charge >= 0.3 is 0 Å². The molecule has 0 bridgehead atoms. The molecule has 0 saturated carbocycles. The quantitative estimate of drug-likeness (QED) is 0.737. The largest absolute Gasteiger partial charge is 0.265 e. The van der Waals surface area contributed by atoms with Crippen molar-refractivity contribution >= 4 is 15.9 Å². The molecular formula is C8H7BrF3N. The van der Waals surface area contributed by atoms with Crippen LogP contribution in [0.3, 0.4) is 0 Å². The molecule has 1 nitrogen and oxygen atoms in total. The lowest BCUT2D eigenvalue weighted by molar-refractivity contribution is 0.148. The Morgan fingerprint density at radius 1 is 1.54 bits per heavy atom. The van der Waals surface area contributed by atoms with E-state index in [4.69, 9.17) is 0 Å². The van der Waals surface area contributed by atoms with Gasteiger partial charge in [0.1, 0.15) is 5.82 Å². The average Bonchev–Trinajstić information content (AvgIpc) is 2.07. The van der Waals surface area contributed by atoms with Gasteiger partial charge in [0.25, 0.3) is 6.43 Å². The highest BCUT2D eigenvalue weighted by molar-refractivity contribution is 9.08. The number of alkyl halides is 3. The smallest absolute Gasteiger partial charge is 0.258 e. The van der Waals surface area contributed by atoms with Gasteiger partial charge in [-0.15, -0.1) is 0 Å². The molecule has 0 spiro atoms. The van der Waals surface area contributed by atoms with Gasteiger partial charge in [0.15, 0.2) is 0 Å². The number of pyridine rings is 1. The van der Waals surface area contributed by atoms with Crippen molar-refractivity contribution in [3.05, 3.63) is 28.8 Å². The van der Waals surface area contributed by atoms with Crippen molar-refractivity contribution in [1.29, 1.82) is 0 Å². The molecule has 1 aromatic rings. The molecule has 0 fully saturated rings. The molecule has 72 valence electrons. The second-order valence-electron chi connectivity index (χ2n) is 2.52. The van der Waals surface area contributed by atoms with Crippen LogP contribution in [-0.2, 0) is 5.33 Å². The Hall–Kier alpha value is -0.580. The molecule has 0 N–H and O–H groups in total. The van der Waals surface area contributed by atoms with Crippen molar-refractivity contribution in [1.82, 2.24) is 4.98 Å². The van der Waals surface area contributed by atoms with Gasteiger partial charge in [0.2, 0.25) is 0 Å². The van der Waals surface area contributed by atoms with Crippen LogP contribution in [0.2, 0.25) is 0 Å². The number of hydrogen-bond donors (Lipinski definition) is 0. The molecule has 0 aromatic carbocycles. The Morgan fingerprint density at radius 2 is 2.15 bits per heavy atom. The molecular weight excluding hydrogens is 247 g/mol. The Balaban J connectivity index is 3.35. The van der Waals surface area contributed by atoms with E-state index in [9.17, 15) is 13.2 Å². The van der Waals surface area contributed by atoms with E-state index in [-0.39, 0.29) is 22.2 Å². The Kier molecular flexibility index (Phi) is 3.30. The van der Waals surface area contributed by atoms with Crippen molar-refractivity contribution in [2.45, 2.75) is 18.7 Å². The molecule has 1 rings (SSSR count). The standard InChI is InChI=1S/C8H7BrF3N/c1-4-7(8(11)12)5(2-9)6(10)3-13-4/h3,8H,2H2,1H3. The first kappa shape index (κ1) is 10.5. The molecule has 0 amide bonds. The van der Waals surface area contributed by atoms with E-state index in [0.29, 0.717) is 0 Å². The van der Waals surface area contributed by atoms with E-state index in [1.54, 1.807) is 0 Å². The molecule has 1 aromatic heterocycles. The Labute approximate surface area is 82.1 Å². The summed E-state index contributed by atoms with van der Waals surface area (Å²) in [5, 5.41) is 0.0713. The summed E-state index contributed by atoms with van der Waals surface area (Å²) in [7, 11) is 0. The first-order valence-corrected chi connectivity index (χ1v) is 4.68. The number of rotatable bonds is 2. The average molecular weight is 254 g/mol. The normalized spacial score (nSPS) is 10.9. The van der Waals surface area contributed by atoms with E-state index in [0.717, 1.165) is 6.20 Å². The van der Waals surface area contributed by atoms with Crippen LogP contribution < -0.4 is 0 Å². The summed E-state index contributed by atoms with van der Waals surface area (Å²) >= 11 is 2.96. The second-order valence-corrected chi connectivity index (χ2v) is 3.08. The highest BCUT2D eigenvalue weighted by Gasteiger charge is 2.19. The van der Waals surface area contributed by atoms with Gasteiger partial charge in [-0.1, -0.05) is 15.9 Å². The van der Waals surface area contributed by atoms with E-state index >= 15 is 0 Å². The van der Waals surface area contributed by atoms with E-state index in [2.05, 4.69) is 20.9 Å². The van der Waals surface area contributed by atoms with Crippen LogP contribution in [0, 0.1) is 12.7 Å². The SMILES string of the molecule is Cc1ncc(F)c(CBr)c1C(F)F. The van der Waals surface area contributed by atoms with Crippen molar-refractivity contribution in [3.63, 3.8) is 0 Å². The van der Waals surface area contributed by atoms with Crippen LogP contribution in [0.15, 0.2) is 6.20 Å². The lowest BCUT2D eigenvalue weighted by Gasteiger charge is -2.09. The molecule has 0 atom stereocenters. The maximum absolute atomic E-state index is 13.0. The molecule has 1 heterocycles. The van der Waals surface area contributed by atoms with Gasteiger partial charge in [-0.25, -0.2) is 13.2 Å². The predicted octanol–water partition coefficient (Wildman–Crippen LogP) is 3.36. The summed E-state index contributed by atoms with van der Waals surface area (Å²) in [5.74, 6) is -0.697. The van der Waals surface area contributed by atoms with E-state index in [1.807, 2.05) is 0 Å². The van der Waals surface area contributed by atoms with Crippen molar-refractivity contribution in [2.75, 3.05) is 0 Å². The highest BCUT2D eigenvalue weighted by Crippen LogP contribution is 2.28. The molecule has 0 saturated heterocycles. The van der Waals surface area contributed by atoms with Crippen LogP contribution in [0.5, 0.6) is 0 Å². The number of nitrogens with zero attached hydrogens (tertiary/aromatic N) is 1. The summed E-state index contributed by atoms with van der Waals surface area (Å²) in [6.45, 7) is 1.44. The zero-order chi connectivity index (χ0) is 10.0. The molecule has 0 aliphatic heterocycles. The minimum absolute atomic E-state index is 0.0116. The predicted molar refractivity (Wildman–Crippen MR) is 46.5 cm³/mol. The minimum Gasteiger partial charge on any atom is -0.258 e. The molecule has 0 aliphatic carbocycles. The summed E-state index contributed by atoms with van der Waals surface area (Å²) in [6, 6.07) is 0. The van der Waals surface area contributed by atoms with E-state index in [1.165, 1.54) is 6.92 Å². The molecule has 0 unspecified atom stereocenters. The number of aryl methyl sites for hydroxylation is 1. The van der Waals surface area contributed by atoms with Crippen LogP contribution in [-0.4, -0.2) is 4.98 Å². The van der Waals surface area contributed by atoms with Crippen molar-refractivity contribution < 1.29 is 13.2 Å². The van der Waals surface area contributed by atoms with Crippen LogP contribution in [0.4, 0.5) is 13.2 Å². The van der Waals surface area contributed by atoms with Crippen molar-refractivity contribution in [2.24, 2.45) is 0 Å². The zero-order valence-electron chi connectivity index (χ0n) is 6.82. The van der Waals surface area contributed by atoms with Gasteiger partial charge < -0.3 is 0 Å². The number of halogens is 4. The maximum Gasteiger partial charge on any atom is 0.265 e. The fourth-order valence-corrected chi connectivity index (χ4v) is 1.64.